The SMILES string of the molecule is COc1cccc(OC)c1C(=O)[P+](=O)C(=O)C1=C(C)CC(C)(C)C=C1. The summed E-state index contributed by atoms with van der Waals surface area (Å²) in [4.78, 5) is 25.3. The largest absolute Gasteiger partial charge is 0.502 e. The van der Waals surface area contributed by atoms with Crippen LogP contribution >= 0.6 is 7.80 Å². The average Bonchev–Trinajstić information content (AvgIpc) is 2.58. The molecule has 1 aromatic rings. The fourth-order valence-electron chi connectivity index (χ4n) is 2.91. The fraction of sp³-hybridized carbons (Fsp3) is 0.368. The van der Waals surface area contributed by atoms with Crippen LogP contribution in [0, 0.1) is 5.41 Å². The average molecular weight is 361 g/mol. The van der Waals surface area contributed by atoms with Gasteiger partial charge in [0.15, 0.2) is 5.56 Å². The van der Waals surface area contributed by atoms with Gasteiger partial charge in [-0.05, 0) is 30.9 Å². The summed E-state index contributed by atoms with van der Waals surface area (Å²) in [7, 11) is 0.00338. The van der Waals surface area contributed by atoms with Crippen molar-refractivity contribution < 1.29 is 23.6 Å². The summed E-state index contributed by atoms with van der Waals surface area (Å²) in [5, 5.41) is 0. The second kappa shape index (κ2) is 7.32. The summed E-state index contributed by atoms with van der Waals surface area (Å²) in [5.74, 6) is 0.457. The van der Waals surface area contributed by atoms with Crippen LogP contribution < -0.4 is 9.47 Å². The molecule has 25 heavy (non-hydrogen) atoms. The molecule has 0 radical (unpaired) electrons. The maximum atomic E-state index is 12.7. The lowest BCUT2D eigenvalue weighted by atomic mass is 9.80. The molecule has 0 heterocycles. The van der Waals surface area contributed by atoms with Crippen LogP contribution in [0.25, 0.3) is 0 Å². The Balaban J connectivity index is 2.38. The first-order valence-electron chi connectivity index (χ1n) is 7.87. The molecule has 1 atom stereocenters. The second-order valence-electron chi connectivity index (χ2n) is 6.63. The minimum absolute atomic E-state index is 0.0281. The first-order valence-corrected chi connectivity index (χ1v) is 9.13. The van der Waals surface area contributed by atoms with Gasteiger partial charge >= 0.3 is 18.8 Å². The molecule has 0 spiro atoms. The van der Waals surface area contributed by atoms with Gasteiger partial charge in [0, 0.05) is 0 Å². The molecule has 5 nitrogen and oxygen atoms in total. The molecule has 0 aliphatic heterocycles. The summed E-state index contributed by atoms with van der Waals surface area (Å²) in [5.41, 5.74) is -0.288. The van der Waals surface area contributed by atoms with Crippen molar-refractivity contribution in [3.05, 3.63) is 47.1 Å². The van der Waals surface area contributed by atoms with Crippen LogP contribution in [0.5, 0.6) is 11.5 Å². The van der Waals surface area contributed by atoms with Gasteiger partial charge in [-0.25, -0.2) is 9.59 Å². The highest BCUT2D eigenvalue weighted by atomic mass is 31.1. The standard InChI is InChI=1S/C19H22O5P/c1-12-11-19(2,3)10-9-13(12)17(20)25(22)18(21)16-14(23-4)7-6-8-15(16)24-5/h6-10H,11H2,1-5H3/q+1. The van der Waals surface area contributed by atoms with Crippen LogP contribution in [0.1, 0.15) is 37.6 Å². The van der Waals surface area contributed by atoms with Crippen molar-refractivity contribution >= 4 is 18.8 Å². The predicted molar refractivity (Wildman–Crippen MR) is 96.7 cm³/mol. The van der Waals surface area contributed by atoms with E-state index in [4.69, 9.17) is 9.47 Å². The summed E-state index contributed by atoms with van der Waals surface area (Å²) in [6.07, 6.45) is 4.26. The molecule has 0 amide bonds. The summed E-state index contributed by atoms with van der Waals surface area (Å²) < 4.78 is 23.0. The van der Waals surface area contributed by atoms with E-state index in [1.54, 1.807) is 24.3 Å². The first-order chi connectivity index (χ1) is 11.7. The summed E-state index contributed by atoms with van der Waals surface area (Å²) in [6, 6.07) is 4.79. The van der Waals surface area contributed by atoms with E-state index in [9.17, 15) is 14.2 Å². The van der Waals surface area contributed by atoms with E-state index in [1.807, 2.05) is 13.0 Å². The van der Waals surface area contributed by atoms with Gasteiger partial charge in [0.05, 0.1) is 19.8 Å². The van der Waals surface area contributed by atoms with Crippen molar-refractivity contribution in [1.29, 1.82) is 0 Å². The van der Waals surface area contributed by atoms with Gasteiger partial charge in [0.25, 0.3) is 0 Å². The van der Waals surface area contributed by atoms with Crippen molar-refractivity contribution in [1.82, 2.24) is 0 Å². The molecule has 132 valence electrons. The predicted octanol–water partition coefficient (Wildman–Crippen LogP) is 4.50. The number of carbonyl (C=O) groups is 2. The minimum atomic E-state index is -2.80. The molecule has 1 aliphatic carbocycles. The summed E-state index contributed by atoms with van der Waals surface area (Å²) >= 11 is 0. The van der Waals surface area contributed by atoms with Crippen LogP contribution in [-0.4, -0.2) is 25.3 Å². The van der Waals surface area contributed by atoms with E-state index in [1.165, 1.54) is 14.2 Å². The smallest absolute Gasteiger partial charge is 0.496 e. The molecule has 2 rings (SSSR count). The van der Waals surface area contributed by atoms with E-state index < -0.39 is 18.8 Å². The van der Waals surface area contributed by atoms with E-state index in [2.05, 4.69) is 13.8 Å². The summed E-state index contributed by atoms with van der Waals surface area (Å²) in [6.45, 7) is 5.94. The van der Waals surface area contributed by atoms with Crippen LogP contribution in [0.3, 0.4) is 0 Å². The first kappa shape index (κ1) is 19.1. The third kappa shape index (κ3) is 3.88. The minimum Gasteiger partial charge on any atom is -0.496 e. The Bertz CT molecular complexity index is 780. The Morgan fingerprint density at radius 3 is 2.12 bits per heavy atom. The highest BCUT2D eigenvalue weighted by Crippen LogP contribution is 2.42. The number of carbonyl (C=O) groups excluding carboxylic acids is 2. The molecule has 0 saturated heterocycles. The van der Waals surface area contributed by atoms with Crippen molar-refractivity contribution in [2.45, 2.75) is 27.2 Å². The third-order valence-electron chi connectivity index (χ3n) is 4.12. The number of allylic oxidation sites excluding steroid dienone is 4. The lowest BCUT2D eigenvalue weighted by Crippen LogP contribution is -2.15. The Kier molecular flexibility index (Phi) is 5.58. The quantitative estimate of drug-likeness (QED) is 0.698. The zero-order valence-electron chi connectivity index (χ0n) is 15.1. The van der Waals surface area contributed by atoms with Crippen LogP contribution in [0.15, 0.2) is 41.5 Å². The van der Waals surface area contributed by atoms with E-state index in [0.717, 1.165) is 5.57 Å². The van der Waals surface area contributed by atoms with Crippen molar-refractivity contribution in [2.75, 3.05) is 14.2 Å². The van der Waals surface area contributed by atoms with E-state index >= 15 is 0 Å². The normalized spacial score (nSPS) is 16.4. The maximum absolute atomic E-state index is 12.7. The number of rotatable bonds is 6. The van der Waals surface area contributed by atoms with Gasteiger partial charge in [0.1, 0.15) is 11.5 Å². The number of ether oxygens (including phenoxy) is 2. The van der Waals surface area contributed by atoms with Crippen LogP contribution in [0.4, 0.5) is 0 Å². The molecule has 6 heteroatoms. The number of hydrogen-bond acceptors (Lipinski definition) is 5. The number of hydrogen-bond donors (Lipinski definition) is 0. The lowest BCUT2D eigenvalue weighted by molar-refractivity contribution is -0.108. The van der Waals surface area contributed by atoms with Gasteiger partial charge in [-0.1, -0.05) is 42.2 Å². The molecule has 0 saturated carbocycles. The molecule has 0 fully saturated rings. The van der Waals surface area contributed by atoms with Gasteiger partial charge in [0.2, 0.25) is 0 Å². The van der Waals surface area contributed by atoms with Crippen LogP contribution in [-0.2, 0) is 9.36 Å². The molecule has 1 aromatic carbocycles. The van der Waals surface area contributed by atoms with E-state index in [-0.39, 0.29) is 22.5 Å². The van der Waals surface area contributed by atoms with Gasteiger partial charge in [-0.2, -0.15) is 0 Å². The van der Waals surface area contributed by atoms with Crippen molar-refractivity contribution in [3.63, 3.8) is 0 Å². The molecule has 1 aliphatic rings. The zero-order valence-corrected chi connectivity index (χ0v) is 16.0. The van der Waals surface area contributed by atoms with Gasteiger partial charge in [-0.3, -0.25) is 0 Å². The molecule has 0 bridgehead atoms. The molecular weight excluding hydrogens is 339 g/mol. The monoisotopic (exact) mass is 361 g/mol. The molecular formula is C19H22O5P+. The van der Waals surface area contributed by atoms with Crippen molar-refractivity contribution in [2.24, 2.45) is 5.41 Å². The van der Waals surface area contributed by atoms with Gasteiger partial charge in [-0.15, -0.1) is 0 Å². The number of benzene rings is 1. The molecule has 0 aromatic heterocycles. The zero-order chi connectivity index (χ0) is 18.8. The Labute approximate surface area is 148 Å². The molecule has 1 unspecified atom stereocenters. The highest BCUT2D eigenvalue weighted by Gasteiger charge is 2.45. The van der Waals surface area contributed by atoms with Gasteiger partial charge < -0.3 is 9.47 Å². The Hall–Kier alpha value is -2.26. The second-order valence-corrected chi connectivity index (χ2v) is 8.04. The Morgan fingerprint density at radius 2 is 1.64 bits per heavy atom. The third-order valence-corrected chi connectivity index (χ3v) is 5.33. The van der Waals surface area contributed by atoms with E-state index in [0.29, 0.717) is 12.0 Å². The highest BCUT2D eigenvalue weighted by molar-refractivity contribution is 7.80. The topological polar surface area (TPSA) is 69.7 Å². The maximum Gasteiger partial charge on any atom is 0.502 e. The van der Waals surface area contributed by atoms with Crippen molar-refractivity contribution in [3.8, 4) is 11.5 Å². The fourth-order valence-corrected chi connectivity index (χ4v) is 4.00. The Morgan fingerprint density at radius 1 is 1.08 bits per heavy atom. The molecule has 0 N–H and O–H groups in total. The lowest BCUT2D eigenvalue weighted by Gasteiger charge is -2.24. The number of methoxy groups -OCH3 is 2. The van der Waals surface area contributed by atoms with Crippen LogP contribution in [0.2, 0.25) is 0 Å².